The summed E-state index contributed by atoms with van der Waals surface area (Å²) in [4.78, 5) is 12.0. The van der Waals surface area contributed by atoms with Gasteiger partial charge in [-0.15, -0.1) is 0 Å². The van der Waals surface area contributed by atoms with Crippen molar-refractivity contribution in [2.75, 3.05) is 11.9 Å². The lowest BCUT2D eigenvalue weighted by Crippen LogP contribution is -2.55. The number of carbonyl (C=O) groups excluding carboxylic acids is 1. The zero-order valence-electron chi connectivity index (χ0n) is 11.3. The molecule has 110 valence electrons. The molecule has 2 rings (SSSR count). The molecule has 2 atom stereocenters. The third kappa shape index (κ3) is 3.27. The zero-order valence-corrected chi connectivity index (χ0v) is 13.6. The van der Waals surface area contributed by atoms with Crippen LogP contribution < -0.4 is 11.1 Å². The molecule has 1 fully saturated rings. The van der Waals surface area contributed by atoms with Crippen LogP contribution in [0.25, 0.3) is 0 Å². The fourth-order valence-corrected chi connectivity index (χ4v) is 2.96. The number of hydrogen-bond acceptors (Lipinski definition) is 3. The molecule has 20 heavy (non-hydrogen) atoms. The number of benzene rings is 1. The van der Waals surface area contributed by atoms with Crippen molar-refractivity contribution in [2.45, 2.75) is 37.8 Å². The Hall–Kier alpha value is -0.780. The number of halogens is 2. The maximum absolute atomic E-state index is 12.0. The van der Waals surface area contributed by atoms with Gasteiger partial charge in [-0.3, -0.25) is 4.79 Å². The van der Waals surface area contributed by atoms with Gasteiger partial charge < -0.3 is 15.8 Å². The number of primary amides is 1. The molecule has 3 N–H and O–H groups in total. The number of nitrogens with one attached hydrogen (secondary N) is 1. The summed E-state index contributed by atoms with van der Waals surface area (Å²) in [5.74, 6) is -0.342. The summed E-state index contributed by atoms with van der Waals surface area (Å²) in [6, 6.07) is 5.47. The van der Waals surface area contributed by atoms with Gasteiger partial charge in [0, 0.05) is 29.6 Å². The molecule has 0 aliphatic carbocycles. The standard InChI is InChI=1S/C14H18BrClN2O2/c1-2-10-8-14(13(17)19,5-6-20-10)18-9-3-4-12(16)11(15)7-9/h3-4,7,10,18H,2,5-6,8H2,1H3,(H2,17,19). The van der Waals surface area contributed by atoms with Crippen molar-refractivity contribution < 1.29 is 9.53 Å². The molecule has 1 amide bonds. The molecule has 0 bridgehead atoms. The molecule has 1 saturated heterocycles. The molecule has 1 aromatic carbocycles. The summed E-state index contributed by atoms with van der Waals surface area (Å²) in [5.41, 5.74) is 5.70. The van der Waals surface area contributed by atoms with Gasteiger partial charge in [-0.1, -0.05) is 18.5 Å². The molecule has 1 aliphatic rings. The van der Waals surface area contributed by atoms with Gasteiger partial charge in [-0.2, -0.15) is 0 Å². The smallest absolute Gasteiger partial charge is 0.243 e. The Morgan fingerprint density at radius 2 is 2.40 bits per heavy atom. The number of carbonyl (C=O) groups is 1. The van der Waals surface area contributed by atoms with E-state index in [9.17, 15) is 4.79 Å². The van der Waals surface area contributed by atoms with E-state index in [1.165, 1.54) is 0 Å². The van der Waals surface area contributed by atoms with E-state index in [0.717, 1.165) is 16.6 Å². The normalized spacial score (nSPS) is 26.2. The van der Waals surface area contributed by atoms with Gasteiger partial charge >= 0.3 is 0 Å². The number of rotatable bonds is 4. The second-order valence-corrected chi connectivity index (χ2v) is 6.32. The zero-order chi connectivity index (χ0) is 14.8. The van der Waals surface area contributed by atoms with Crippen molar-refractivity contribution in [3.05, 3.63) is 27.7 Å². The van der Waals surface area contributed by atoms with E-state index in [2.05, 4.69) is 21.2 Å². The molecule has 0 saturated carbocycles. The van der Waals surface area contributed by atoms with E-state index < -0.39 is 5.54 Å². The van der Waals surface area contributed by atoms with Gasteiger partial charge in [-0.05, 0) is 40.5 Å². The van der Waals surface area contributed by atoms with Crippen molar-refractivity contribution in [1.29, 1.82) is 0 Å². The molecule has 0 radical (unpaired) electrons. The highest BCUT2D eigenvalue weighted by atomic mass is 79.9. The van der Waals surface area contributed by atoms with Crippen molar-refractivity contribution in [1.82, 2.24) is 0 Å². The lowest BCUT2D eigenvalue weighted by Gasteiger charge is -2.39. The van der Waals surface area contributed by atoms with Gasteiger partial charge in [0.05, 0.1) is 11.1 Å². The lowest BCUT2D eigenvalue weighted by atomic mass is 9.84. The maximum Gasteiger partial charge on any atom is 0.243 e. The SMILES string of the molecule is CCC1CC(Nc2ccc(Cl)c(Br)c2)(C(N)=O)CCO1. The van der Waals surface area contributed by atoms with Crippen molar-refractivity contribution in [3.63, 3.8) is 0 Å². The van der Waals surface area contributed by atoms with Crippen LogP contribution in [0.3, 0.4) is 0 Å². The summed E-state index contributed by atoms with van der Waals surface area (Å²) >= 11 is 9.36. The summed E-state index contributed by atoms with van der Waals surface area (Å²) in [5, 5.41) is 3.91. The Kier molecular flexibility index (Phi) is 4.94. The van der Waals surface area contributed by atoms with Crippen LogP contribution in [0, 0.1) is 0 Å². The Balaban J connectivity index is 2.24. The molecule has 1 heterocycles. The van der Waals surface area contributed by atoms with E-state index in [4.69, 9.17) is 22.1 Å². The van der Waals surface area contributed by atoms with Crippen LogP contribution in [-0.2, 0) is 9.53 Å². The average Bonchev–Trinajstić information content (AvgIpc) is 2.43. The highest BCUT2D eigenvalue weighted by Gasteiger charge is 2.41. The maximum atomic E-state index is 12.0. The molecule has 0 spiro atoms. The third-order valence-electron chi connectivity index (χ3n) is 3.69. The summed E-state index contributed by atoms with van der Waals surface area (Å²) in [6.45, 7) is 2.57. The topological polar surface area (TPSA) is 64.3 Å². The summed E-state index contributed by atoms with van der Waals surface area (Å²) < 4.78 is 6.42. The van der Waals surface area contributed by atoms with Gasteiger partial charge in [0.1, 0.15) is 5.54 Å². The molecule has 1 aromatic rings. The van der Waals surface area contributed by atoms with Crippen LogP contribution in [0.4, 0.5) is 5.69 Å². The number of ether oxygens (including phenoxy) is 1. The van der Waals surface area contributed by atoms with Crippen LogP contribution in [0.15, 0.2) is 22.7 Å². The molecule has 2 unspecified atom stereocenters. The van der Waals surface area contributed by atoms with E-state index in [1.54, 1.807) is 6.07 Å². The second kappa shape index (κ2) is 6.33. The molecule has 6 heteroatoms. The molecular weight excluding hydrogens is 344 g/mol. The first-order chi connectivity index (χ1) is 9.47. The second-order valence-electron chi connectivity index (χ2n) is 5.06. The summed E-state index contributed by atoms with van der Waals surface area (Å²) in [6.07, 6.45) is 2.07. The Bertz CT molecular complexity index is 512. The Labute approximate surface area is 132 Å². The fraction of sp³-hybridized carbons (Fsp3) is 0.500. The largest absolute Gasteiger partial charge is 0.378 e. The first kappa shape index (κ1) is 15.6. The number of hydrogen-bond donors (Lipinski definition) is 2. The predicted molar refractivity (Wildman–Crippen MR) is 84.0 cm³/mol. The molecule has 1 aliphatic heterocycles. The van der Waals surface area contributed by atoms with Crippen molar-refractivity contribution >= 4 is 39.1 Å². The van der Waals surface area contributed by atoms with Gasteiger partial charge in [-0.25, -0.2) is 0 Å². The first-order valence-electron chi connectivity index (χ1n) is 6.61. The fourth-order valence-electron chi connectivity index (χ4n) is 2.46. The number of nitrogens with two attached hydrogens (primary N) is 1. The third-order valence-corrected chi connectivity index (χ3v) is 4.90. The van der Waals surface area contributed by atoms with Gasteiger partial charge in [0.15, 0.2) is 0 Å². The quantitative estimate of drug-likeness (QED) is 0.864. The predicted octanol–water partition coefficient (Wildman–Crippen LogP) is 3.33. The Morgan fingerprint density at radius 3 is 3.00 bits per heavy atom. The molecular formula is C14H18BrClN2O2. The number of anilines is 1. The van der Waals surface area contributed by atoms with Gasteiger partial charge in [0.2, 0.25) is 5.91 Å². The Morgan fingerprint density at radius 1 is 1.65 bits per heavy atom. The summed E-state index contributed by atoms with van der Waals surface area (Å²) in [7, 11) is 0. The van der Waals surface area contributed by atoms with E-state index >= 15 is 0 Å². The first-order valence-corrected chi connectivity index (χ1v) is 7.78. The minimum absolute atomic E-state index is 0.0551. The highest BCUT2D eigenvalue weighted by molar-refractivity contribution is 9.10. The lowest BCUT2D eigenvalue weighted by molar-refractivity contribution is -0.127. The number of amides is 1. The molecule has 0 aromatic heterocycles. The van der Waals surface area contributed by atoms with Crippen LogP contribution in [0.2, 0.25) is 5.02 Å². The van der Waals surface area contributed by atoms with Crippen LogP contribution in [0.1, 0.15) is 26.2 Å². The van der Waals surface area contributed by atoms with Crippen molar-refractivity contribution in [3.8, 4) is 0 Å². The minimum Gasteiger partial charge on any atom is -0.378 e. The molecule has 4 nitrogen and oxygen atoms in total. The van der Waals surface area contributed by atoms with Crippen LogP contribution >= 0.6 is 27.5 Å². The highest BCUT2D eigenvalue weighted by Crippen LogP contribution is 2.32. The van der Waals surface area contributed by atoms with Crippen LogP contribution in [-0.4, -0.2) is 24.2 Å². The monoisotopic (exact) mass is 360 g/mol. The van der Waals surface area contributed by atoms with E-state index in [-0.39, 0.29) is 12.0 Å². The average molecular weight is 362 g/mol. The minimum atomic E-state index is -0.758. The van der Waals surface area contributed by atoms with E-state index in [1.807, 2.05) is 19.1 Å². The van der Waals surface area contributed by atoms with E-state index in [0.29, 0.717) is 24.5 Å². The van der Waals surface area contributed by atoms with Crippen molar-refractivity contribution in [2.24, 2.45) is 5.73 Å². The van der Waals surface area contributed by atoms with Gasteiger partial charge in [0.25, 0.3) is 0 Å². The van der Waals surface area contributed by atoms with Crippen LogP contribution in [0.5, 0.6) is 0 Å².